The standard InChI is InChI=1S/C10H8FNS/c1-7-2-4-9(13-7)8-3-5-10(11)12-6-8/h2-6H,1H3. The fourth-order valence-electron chi connectivity index (χ4n) is 1.11. The summed E-state index contributed by atoms with van der Waals surface area (Å²) in [4.78, 5) is 5.98. The van der Waals surface area contributed by atoms with Crippen LogP contribution in [0.1, 0.15) is 4.88 Å². The van der Waals surface area contributed by atoms with Crippen molar-refractivity contribution in [2.24, 2.45) is 0 Å². The number of pyridine rings is 1. The summed E-state index contributed by atoms with van der Waals surface area (Å²) in [6, 6.07) is 7.19. The van der Waals surface area contributed by atoms with Crippen molar-refractivity contribution in [1.82, 2.24) is 4.98 Å². The fourth-order valence-corrected chi connectivity index (χ4v) is 1.97. The number of hydrogen-bond acceptors (Lipinski definition) is 2. The zero-order valence-corrected chi connectivity index (χ0v) is 7.94. The molecule has 0 atom stereocenters. The number of hydrogen-bond donors (Lipinski definition) is 0. The molecule has 0 radical (unpaired) electrons. The van der Waals surface area contributed by atoms with Crippen LogP contribution in [-0.2, 0) is 0 Å². The zero-order chi connectivity index (χ0) is 9.26. The van der Waals surface area contributed by atoms with Crippen molar-refractivity contribution in [3.8, 4) is 10.4 Å². The van der Waals surface area contributed by atoms with Crippen LogP contribution in [0.5, 0.6) is 0 Å². The minimum atomic E-state index is -0.433. The van der Waals surface area contributed by atoms with E-state index in [1.165, 1.54) is 10.9 Å². The average Bonchev–Trinajstić information content (AvgIpc) is 2.53. The van der Waals surface area contributed by atoms with Crippen LogP contribution in [0.3, 0.4) is 0 Å². The molecule has 1 nitrogen and oxygen atoms in total. The van der Waals surface area contributed by atoms with E-state index in [2.05, 4.69) is 4.98 Å². The number of halogens is 1. The number of aromatic nitrogens is 1. The second kappa shape index (κ2) is 3.26. The Labute approximate surface area is 79.9 Å². The van der Waals surface area contributed by atoms with Gasteiger partial charge in [-0.1, -0.05) is 0 Å². The van der Waals surface area contributed by atoms with Gasteiger partial charge >= 0.3 is 0 Å². The van der Waals surface area contributed by atoms with Crippen molar-refractivity contribution in [2.75, 3.05) is 0 Å². The summed E-state index contributed by atoms with van der Waals surface area (Å²) in [6.07, 6.45) is 1.56. The quantitative estimate of drug-likeness (QED) is 0.633. The van der Waals surface area contributed by atoms with Gasteiger partial charge in [0.25, 0.3) is 0 Å². The molecule has 2 aromatic rings. The van der Waals surface area contributed by atoms with E-state index in [9.17, 15) is 4.39 Å². The Kier molecular flexibility index (Phi) is 2.10. The number of thiophene rings is 1. The van der Waals surface area contributed by atoms with Crippen LogP contribution in [0.2, 0.25) is 0 Å². The fraction of sp³-hybridized carbons (Fsp3) is 0.100. The maximum absolute atomic E-state index is 12.5. The first kappa shape index (κ1) is 8.38. The third kappa shape index (κ3) is 1.75. The lowest BCUT2D eigenvalue weighted by Gasteiger charge is -1.94. The van der Waals surface area contributed by atoms with Crippen LogP contribution in [0.4, 0.5) is 4.39 Å². The van der Waals surface area contributed by atoms with Crippen LogP contribution >= 0.6 is 11.3 Å². The molecule has 0 bridgehead atoms. The van der Waals surface area contributed by atoms with Crippen molar-refractivity contribution in [3.05, 3.63) is 41.3 Å². The molecule has 0 aliphatic heterocycles. The highest BCUT2D eigenvalue weighted by atomic mass is 32.1. The summed E-state index contributed by atoms with van der Waals surface area (Å²) in [5, 5.41) is 0. The van der Waals surface area contributed by atoms with E-state index in [0.29, 0.717) is 0 Å². The molecule has 0 spiro atoms. The van der Waals surface area contributed by atoms with Crippen molar-refractivity contribution >= 4 is 11.3 Å². The predicted molar refractivity (Wildman–Crippen MR) is 52.2 cm³/mol. The van der Waals surface area contributed by atoms with E-state index in [4.69, 9.17) is 0 Å². The predicted octanol–water partition coefficient (Wildman–Crippen LogP) is 3.26. The smallest absolute Gasteiger partial charge is 0.212 e. The Morgan fingerprint density at radius 2 is 2.08 bits per heavy atom. The lowest BCUT2D eigenvalue weighted by molar-refractivity contribution is 0.584. The Hall–Kier alpha value is -1.22. The zero-order valence-electron chi connectivity index (χ0n) is 7.12. The van der Waals surface area contributed by atoms with Crippen molar-refractivity contribution in [1.29, 1.82) is 0 Å². The van der Waals surface area contributed by atoms with E-state index in [1.54, 1.807) is 23.6 Å². The lowest BCUT2D eigenvalue weighted by atomic mass is 10.2. The van der Waals surface area contributed by atoms with E-state index >= 15 is 0 Å². The van der Waals surface area contributed by atoms with Gasteiger partial charge in [0.05, 0.1) is 0 Å². The number of rotatable bonds is 1. The molecule has 0 saturated heterocycles. The first-order chi connectivity index (χ1) is 6.25. The monoisotopic (exact) mass is 193 g/mol. The Balaban J connectivity index is 2.41. The summed E-state index contributed by atoms with van der Waals surface area (Å²) in [7, 11) is 0. The minimum Gasteiger partial charge on any atom is -0.228 e. The molecular weight excluding hydrogens is 185 g/mol. The van der Waals surface area contributed by atoms with Crippen molar-refractivity contribution < 1.29 is 4.39 Å². The Morgan fingerprint density at radius 3 is 2.62 bits per heavy atom. The second-order valence-corrected chi connectivity index (χ2v) is 4.07. The third-order valence-electron chi connectivity index (χ3n) is 1.75. The molecule has 0 N–H and O–H groups in total. The van der Waals surface area contributed by atoms with Gasteiger partial charge in [0, 0.05) is 21.5 Å². The molecule has 2 rings (SSSR count). The van der Waals surface area contributed by atoms with Crippen LogP contribution in [0, 0.1) is 12.9 Å². The van der Waals surface area contributed by atoms with Crippen molar-refractivity contribution in [2.45, 2.75) is 6.92 Å². The molecule has 0 fully saturated rings. The van der Waals surface area contributed by atoms with Crippen LogP contribution < -0.4 is 0 Å². The van der Waals surface area contributed by atoms with Gasteiger partial charge in [-0.05, 0) is 31.2 Å². The highest BCUT2D eigenvalue weighted by Crippen LogP contribution is 2.26. The first-order valence-electron chi connectivity index (χ1n) is 3.94. The van der Waals surface area contributed by atoms with Gasteiger partial charge in [-0.3, -0.25) is 0 Å². The van der Waals surface area contributed by atoms with Crippen LogP contribution in [0.25, 0.3) is 10.4 Å². The van der Waals surface area contributed by atoms with Crippen LogP contribution in [0.15, 0.2) is 30.5 Å². The molecule has 0 amide bonds. The second-order valence-electron chi connectivity index (χ2n) is 2.78. The lowest BCUT2D eigenvalue weighted by Crippen LogP contribution is -1.80. The van der Waals surface area contributed by atoms with Gasteiger partial charge < -0.3 is 0 Å². The number of nitrogens with zero attached hydrogens (tertiary/aromatic N) is 1. The Bertz CT molecular complexity index is 405. The molecule has 2 aromatic heterocycles. The van der Waals surface area contributed by atoms with E-state index < -0.39 is 5.95 Å². The van der Waals surface area contributed by atoms with Gasteiger partial charge in [0.1, 0.15) is 0 Å². The molecule has 0 aromatic carbocycles. The summed E-state index contributed by atoms with van der Waals surface area (Å²) < 4.78 is 12.5. The molecule has 2 heterocycles. The molecule has 0 aliphatic rings. The summed E-state index contributed by atoms with van der Waals surface area (Å²) in [5.74, 6) is -0.433. The topological polar surface area (TPSA) is 12.9 Å². The highest BCUT2D eigenvalue weighted by Gasteiger charge is 2.00. The Morgan fingerprint density at radius 1 is 1.23 bits per heavy atom. The minimum absolute atomic E-state index is 0.433. The number of aryl methyl sites for hydroxylation is 1. The molecule has 13 heavy (non-hydrogen) atoms. The van der Waals surface area contributed by atoms with Crippen molar-refractivity contribution in [3.63, 3.8) is 0 Å². The van der Waals surface area contributed by atoms with E-state index in [-0.39, 0.29) is 0 Å². The maximum Gasteiger partial charge on any atom is 0.212 e. The maximum atomic E-state index is 12.5. The largest absolute Gasteiger partial charge is 0.228 e. The highest BCUT2D eigenvalue weighted by molar-refractivity contribution is 7.15. The average molecular weight is 193 g/mol. The van der Waals surface area contributed by atoms with Gasteiger partial charge in [0.2, 0.25) is 5.95 Å². The normalized spacial score (nSPS) is 10.3. The molecule has 3 heteroatoms. The first-order valence-corrected chi connectivity index (χ1v) is 4.76. The van der Waals surface area contributed by atoms with Gasteiger partial charge in [0.15, 0.2) is 0 Å². The summed E-state index contributed by atoms with van der Waals surface area (Å²) in [6.45, 7) is 2.05. The van der Waals surface area contributed by atoms with Gasteiger partial charge in [-0.25, -0.2) is 4.98 Å². The molecule has 0 aliphatic carbocycles. The molecular formula is C10H8FNS. The molecule has 0 unspecified atom stereocenters. The van der Waals surface area contributed by atoms with E-state index in [0.717, 1.165) is 10.4 Å². The van der Waals surface area contributed by atoms with Gasteiger partial charge in [-0.2, -0.15) is 4.39 Å². The molecule has 0 saturated carbocycles. The van der Waals surface area contributed by atoms with Gasteiger partial charge in [-0.15, -0.1) is 11.3 Å². The molecule has 66 valence electrons. The summed E-state index contributed by atoms with van der Waals surface area (Å²) in [5.41, 5.74) is 0.972. The third-order valence-corrected chi connectivity index (χ3v) is 2.80. The SMILES string of the molecule is Cc1ccc(-c2ccc(F)nc2)s1. The van der Waals surface area contributed by atoms with E-state index in [1.807, 2.05) is 19.1 Å². The summed E-state index contributed by atoms with van der Waals surface area (Å²) >= 11 is 1.68. The van der Waals surface area contributed by atoms with Crippen LogP contribution in [-0.4, -0.2) is 4.98 Å².